The third kappa shape index (κ3) is 1.95. The number of carbonyl (C=O) groups is 1. The fourth-order valence-electron chi connectivity index (χ4n) is 1.79. The average molecular weight is 218 g/mol. The van der Waals surface area contributed by atoms with Crippen LogP contribution in [0.4, 0.5) is 0 Å². The van der Waals surface area contributed by atoms with Crippen LogP contribution in [0.15, 0.2) is 18.2 Å². The lowest BCUT2D eigenvalue weighted by molar-refractivity contribution is 0.0681. The summed E-state index contributed by atoms with van der Waals surface area (Å²) in [6.45, 7) is 5.92. The predicted molar refractivity (Wildman–Crippen MR) is 64.7 cm³/mol. The Morgan fingerprint density at radius 2 is 2.00 bits per heavy atom. The summed E-state index contributed by atoms with van der Waals surface area (Å²) in [7, 11) is 1.88. The van der Waals surface area contributed by atoms with E-state index in [1.165, 1.54) is 11.1 Å². The molecule has 16 heavy (non-hydrogen) atoms. The van der Waals surface area contributed by atoms with E-state index in [1.807, 2.05) is 37.1 Å². The Morgan fingerprint density at radius 1 is 1.31 bits per heavy atom. The predicted octanol–water partition coefficient (Wildman–Crippen LogP) is 1.35. The number of amides is 1. The molecule has 0 radical (unpaired) electrons. The molecule has 3 heteroatoms. The van der Waals surface area contributed by atoms with E-state index in [4.69, 9.17) is 0 Å². The van der Waals surface area contributed by atoms with E-state index in [1.54, 1.807) is 0 Å². The van der Waals surface area contributed by atoms with Crippen molar-refractivity contribution in [3.63, 3.8) is 0 Å². The van der Waals surface area contributed by atoms with Crippen LogP contribution >= 0.6 is 0 Å². The summed E-state index contributed by atoms with van der Waals surface area (Å²) in [6, 6.07) is 6.25. The molecule has 3 nitrogen and oxygen atoms in total. The number of nitrogens with zero attached hydrogens (tertiary/aromatic N) is 1. The highest BCUT2D eigenvalue weighted by atomic mass is 16.2. The first-order chi connectivity index (χ1) is 7.59. The van der Waals surface area contributed by atoms with Crippen molar-refractivity contribution in [2.45, 2.75) is 19.9 Å². The van der Waals surface area contributed by atoms with Crippen LogP contribution in [0.1, 0.15) is 21.5 Å². The second kappa shape index (κ2) is 4.26. The van der Waals surface area contributed by atoms with Crippen molar-refractivity contribution in [3.05, 3.63) is 34.9 Å². The molecule has 1 N–H and O–H groups in total. The second-order valence-corrected chi connectivity index (χ2v) is 4.53. The van der Waals surface area contributed by atoms with E-state index in [2.05, 4.69) is 12.2 Å². The summed E-state index contributed by atoms with van der Waals surface area (Å²) in [5.74, 6) is 0.120. The van der Waals surface area contributed by atoms with Crippen molar-refractivity contribution in [2.24, 2.45) is 0 Å². The van der Waals surface area contributed by atoms with E-state index in [9.17, 15) is 4.79 Å². The van der Waals surface area contributed by atoms with Crippen LogP contribution in [0, 0.1) is 13.8 Å². The number of hydrogen-bond donors (Lipinski definition) is 1. The smallest absolute Gasteiger partial charge is 0.253 e. The van der Waals surface area contributed by atoms with E-state index in [0.717, 1.165) is 18.7 Å². The quantitative estimate of drug-likeness (QED) is 0.812. The van der Waals surface area contributed by atoms with Crippen molar-refractivity contribution < 1.29 is 4.79 Å². The standard InChI is InChI=1S/C13H18N2O/c1-9-4-5-11(6-10(9)2)13(16)15(3)12-7-14-8-12/h4-6,12,14H,7-8H2,1-3H3. The Kier molecular flexibility index (Phi) is 2.97. The number of rotatable bonds is 2. The topological polar surface area (TPSA) is 32.3 Å². The van der Waals surface area contributed by atoms with E-state index >= 15 is 0 Å². The minimum atomic E-state index is 0.120. The zero-order valence-electron chi connectivity index (χ0n) is 10.1. The molecule has 0 bridgehead atoms. The van der Waals surface area contributed by atoms with Crippen LogP contribution < -0.4 is 5.32 Å². The Bertz CT molecular complexity index is 410. The fourth-order valence-corrected chi connectivity index (χ4v) is 1.79. The van der Waals surface area contributed by atoms with Crippen molar-refractivity contribution in [3.8, 4) is 0 Å². The van der Waals surface area contributed by atoms with Crippen molar-refractivity contribution in [1.82, 2.24) is 10.2 Å². The lowest BCUT2D eigenvalue weighted by Gasteiger charge is -2.35. The Labute approximate surface area is 96.5 Å². The van der Waals surface area contributed by atoms with Crippen LogP contribution in [0.2, 0.25) is 0 Å². The minimum Gasteiger partial charge on any atom is -0.336 e. The summed E-state index contributed by atoms with van der Waals surface area (Å²) in [6.07, 6.45) is 0. The van der Waals surface area contributed by atoms with Gasteiger partial charge in [-0.25, -0.2) is 0 Å². The molecule has 0 atom stereocenters. The van der Waals surface area contributed by atoms with Gasteiger partial charge in [-0.05, 0) is 37.1 Å². The Balaban J connectivity index is 2.16. The molecule has 86 valence electrons. The van der Waals surface area contributed by atoms with Crippen LogP contribution in [0.5, 0.6) is 0 Å². The molecule has 1 fully saturated rings. The van der Waals surface area contributed by atoms with E-state index in [0.29, 0.717) is 6.04 Å². The van der Waals surface area contributed by atoms with Crippen LogP contribution in [0.3, 0.4) is 0 Å². The first-order valence-corrected chi connectivity index (χ1v) is 5.64. The lowest BCUT2D eigenvalue weighted by Crippen LogP contribution is -2.57. The second-order valence-electron chi connectivity index (χ2n) is 4.53. The van der Waals surface area contributed by atoms with Gasteiger partial charge in [0.1, 0.15) is 0 Å². The number of likely N-dealkylation sites (N-methyl/N-ethyl adjacent to an activating group) is 1. The summed E-state index contributed by atoms with van der Waals surface area (Å²) in [4.78, 5) is 14.0. The summed E-state index contributed by atoms with van der Waals surface area (Å²) < 4.78 is 0. The first kappa shape index (κ1) is 11.1. The van der Waals surface area contributed by atoms with Gasteiger partial charge >= 0.3 is 0 Å². The highest BCUT2D eigenvalue weighted by Crippen LogP contribution is 2.13. The lowest BCUT2D eigenvalue weighted by atomic mass is 10.0. The van der Waals surface area contributed by atoms with Gasteiger partial charge in [-0.3, -0.25) is 4.79 Å². The highest BCUT2D eigenvalue weighted by Gasteiger charge is 2.25. The van der Waals surface area contributed by atoms with Crippen LogP contribution in [-0.4, -0.2) is 37.0 Å². The van der Waals surface area contributed by atoms with Gasteiger partial charge in [0.15, 0.2) is 0 Å². The summed E-state index contributed by atoms with van der Waals surface area (Å²) in [5, 5.41) is 3.18. The van der Waals surface area contributed by atoms with Crippen molar-refractivity contribution >= 4 is 5.91 Å². The SMILES string of the molecule is Cc1ccc(C(=O)N(C)C2CNC2)cc1C. The Morgan fingerprint density at radius 3 is 2.50 bits per heavy atom. The number of nitrogens with one attached hydrogen (secondary N) is 1. The maximum Gasteiger partial charge on any atom is 0.253 e. The highest BCUT2D eigenvalue weighted by molar-refractivity contribution is 5.94. The van der Waals surface area contributed by atoms with Gasteiger partial charge in [-0.1, -0.05) is 6.07 Å². The molecule has 1 aromatic rings. The molecule has 1 aromatic carbocycles. The van der Waals surface area contributed by atoms with Crippen LogP contribution in [-0.2, 0) is 0 Å². The first-order valence-electron chi connectivity index (χ1n) is 5.64. The maximum atomic E-state index is 12.1. The molecule has 0 aromatic heterocycles. The molecule has 0 aliphatic carbocycles. The Hall–Kier alpha value is -1.35. The number of carbonyl (C=O) groups excluding carboxylic acids is 1. The molecule has 2 rings (SSSR count). The van der Waals surface area contributed by atoms with Gasteiger partial charge in [-0.15, -0.1) is 0 Å². The molecule has 1 amide bonds. The maximum absolute atomic E-state index is 12.1. The monoisotopic (exact) mass is 218 g/mol. The number of aryl methyl sites for hydroxylation is 2. The summed E-state index contributed by atoms with van der Waals surface area (Å²) in [5.41, 5.74) is 3.19. The largest absolute Gasteiger partial charge is 0.336 e. The zero-order chi connectivity index (χ0) is 11.7. The molecular weight excluding hydrogens is 200 g/mol. The van der Waals surface area contributed by atoms with E-state index < -0.39 is 0 Å². The van der Waals surface area contributed by atoms with Gasteiger partial charge in [0, 0.05) is 25.7 Å². The number of hydrogen-bond acceptors (Lipinski definition) is 2. The molecule has 1 aliphatic heterocycles. The molecule has 1 heterocycles. The van der Waals surface area contributed by atoms with Gasteiger partial charge in [0.2, 0.25) is 0 Å². The average Bonchev–Trinajstić information content (AvgIpc) is 2.18. The van der Waals surface area contributed by atoms with Gasteiger partial charge in [-0.2, -0.15) is 0 Å². The van der Waals surface area contributed by atoms with E-state index in [-0.39, 0.29) is 5.91 Å². The molecule has 1 saturated heterocycles. The van der Waals surface area contributed by atoms with Crippen molar-refractivity contribution in [1.29, 1.82) is 0 Å². The van der Waals surface area contributed by atoms with Crippen molar-refractivity contribution in [2.75, 3.05) is 20.1 Å². The van der Waals surface area contributed by atoms with Gasteiger partial charge in [0.25, 0.3) is 5.91 Å². The zero-order valence-corrected chi connectivity index (χ0v) is 10.1. The molecule has 0 spiro atoms. The third-order valence-corrected chi connectivity index (χ3v) is 3.38. The minimum absolute atomic E-state index is 0.120. The number of benzene rings is 1. The molecule has 0 saturated carbocycles. The fraction of sp³-hybridized carbons (Fsp3) is 0.462. The molecule has 0 unspecified atom stereocenters. The van der Waals surface area contributed by atoms with Gasteiger partial charge in [0.05, 0.1) is 6.04 Å². The summed E-state index contributed by atoms with van der Waals surface area (Å²) >= 11 is 0. The van der Waals surface area contributed by atoms with Gasteiger partial charge < -0.3 is 10.2 Å². The molecule has 1 aliphatic rings. The normalized spacial score (nSPS) is 15.7. The molecular formula is C13H18N2O. The third-order valence-electron chi connectivity index (χ3n) is 3.38. The van der Waals surface area contributed by atoms with Crippen LogP contribution in [0.25, 0.3) is 0 Å².